The van der Waals surface area contributed by atoms with Gasteiger partial charge in [-0.2, -0.15) is 5.10 Å². The van der Waals surface area contributed by atoms with Crippen LogP contribution in [-0.2, 0) is 7.05 Å². The maximum absolute atomic E-state index is 4.02. The molecule has 0 spiro atoms. The summed E-state index contributed by atoms with van der Waals surface area (Å²) < 4.78 is 1.86. The molecule has 0 aliphatic carbocycles. The number of aromatic nitrogens is 2. The van der Waals surface area contributed by atoms with E-state index in [0.29, 0.717) is 0 Å². The van der Waals surface area contributed by atoms with Crippen LogP contribution in [-0.4, -0.2) is 16.0 Å². The van der Waals surface area contributed by atoms with Crippen molar-refractivity contribution in [1.29, 1.82) is 0 Å². The molecule has 1 aromatic heterocycles. The van der Waals surface area contributed by atoms with E-state index in [2.05, 4.69) is 11.4 Å². The third-order valence-corrected chi connectivity index (χ3v) is 2.69. The van der Waals surface area contributed by atoms with E-state index >= 15 is 0 Å². The lowest BCUT2D eigenvalue weighted by Gasteiger charge is -1.94. The average Bonchev–Trinajstić information content (AvgIpc) is 2.18. The maximum atomic E-state index is 4.02. The van der Waals surface area contributed by atoms with Crippen molar-refractivity contribution in [3.05, 3.63) is 12.3 Å². The van der Waals surface area contributed by atoms with E-state index in [4.69, 9.17) is 0 Å². The van der Waals surface area contributed by atoms with Gasteiger partial charge in [0.25, 0.3) is 0 Å². The lowest BCUT2D eigenvalue weighted by Crippen LogP contribution is -1.89. The minimum absolute atomic E-state index is 1.20. The molecule has 0 amide bonds. The molecule has 0 saturated carbocycles. The topological polar surface area (TPSA) is 17.8 Å². The molecule has 50 valence electrons. The van der Waals surface area contributed by atoms with Crippen LogP contribution >= 0.6 is 21.6 Å². The quantitative estimate of drug-likeness (QED) is 0.614. The number of rotatable bonds is 2. The molecule has 0 fully saturated rings. The Morgan fingerprint density at radius 2 is 2.44 bits per heavy atom. The summed E-state index contributed by atoms with van der Waals surface area (Å²) in [6, 6.07) is 2.00. The van der Waals surface area contributed by atoms with Crippen LogP contribution in [0.3, 0.4) is 0 Å². The fraction of sp³-hybridized carbons (Fsp3) is 0.400. The zero-order chi connectivity index (χ0) is 6.69. The van der Waals surface area contributed by atoms with Gasteiger partial charge < -0.3 is 0 Å². The molecule has 4 heteroatoms. The largest absolute Gasteiger partial charge is 0.261 e. The molecule has 0 saturated heterocycles. The molecule has 1 aromatic rings. The normalized spacial score (nSPS) is 10.0. The first-order valence-electron chi connectivity index (χ1n) is 2.53. The molecule has 0 aromatic carbocycles. The van der Waals surface area contributed by atoms with Crippen LogP contribution in [0.1, 0.15) is 0 Å². The van der Waals surface area contributed by atoms with Gasteiger partial charge >= 0.3 is 0 Å². The summed E-state index contributed by atoms with van der Waals surface area (Å²) in [4.78, 5) is 0. The van der Waals surface area contributed by atoms with Gasteiger partial charge in [0.2, 0.25) is 0 Å². The summed E-state index contributed by atoms with van der Waals surface area (Å²) in [7, 11) is 5.40. The molecule has 9 heavy (non-hydrogen) atoms. The van der Waals surface area contributed by atoms with Crippen molar-refractivity contribution in [2.75, 3.05) is 6.26 Å². The van der Waals surface area contributed by atoms with Gasteiger partial charge in [0, 0.05) is 7.05 Å². The number of hydrogen-bond acceptors (Lipinski definition) is 3. The molecule has 0 bridgehead atoms. The summed E-state index contributed by atoms with van der Waals surface area (Å²) >= 11 is 0. The summed E-state index contributed by atoms with van der Waals surface area (Å²) in [5.74, 6) is 0. The molecule has 2 nitrogen and oxygen atoms in total. The van der Waals surface area contributed by atoms with Crippen LogP contribution in [0.25, 0.3) is 0 Å². The smallest absolute Gasteiger partial charge is 0.104 e. The fourth-order valence-corrected chi connectivity index (χ4v) is 1.97. The molecular weight excluding hydrogens is 152 g/mol. The van der Waals surface area contributed by atoms with Crippen LogP contribution in [0.15, 0.2) is 17.3 Å². The first kappa shape index (κ1) is 7.02. The Labute approximate surface area is 62.4 Å². The Morgan fingerprint density at radius 1 is 1.67 bits per heavy atom. The summed E-state index contributed by atoms with van der Waals surface area (Å²) in [5.41, 5.74) is 0. The number of hydrogen-bond donors (Lipinski definition) is 0. The van der Waals surface area contributed by atoms with Gasteiger partial charge in [-0.15, -0.1) is 0 Å². The van der Waals surface area contributed by atoms with E-state index in [1.54, 1.807) is 27.8 Å². The van der Waals surface area contributed by atoms with Crippen molar-refractivity contribution in [2.45, 2.75) is 5.03 Å². The van der Waals surface area contributed by atoms with Crippen molar-refractivity contribution >= 4 is 21.6 Å². The molecule has 1 rings (SSSR count). The summed E-state index contributed by atoms with van der Waals surface area (Å²) in [6.07, 6.45) is 3.86. The highest BCUT2D eigenvalue weighted by molar-refractivity contribution is 8.76. The van der Waals surface area contributed by atoms with E-state index in [1.807, 2.05) is 17.8 Å². The van der Waals surface area contributed by atoms with Crippen molar-refractivity contribution in [3.8, 4) is 0 Å². The van der Waals surface area contributed by atoms with Gasteiger partial charge in [-0.05, 0) is 23.1 Å². The standard InChI is InChI=1S/C5H8N2S2/c1-7-5(9-8-2)3-4-6-7/h3-4H,1-2H3. The maximum Gasteiger partial charge on any atom is 0.104 e. The van der Waals surface area contributed by atoms with E-state index in [1.165, 1.54) is 5.03 Å². The molecule has 0 unspecified atom stereocenters. The zero-order valence-corrected chi connectivity index (χ0v) is 7.00. The zero-order valence-electron chi connectivity index (χ0n) is 5.37. The predicted octanol–water partition coefficient (Wildman–Crippen LogP) is 1.79. The summed E-state index contributed by atoms with van der Waals surface area (Å²) in [5, 5.41) is 5.21. The van der Waals surface area contributed by atoms with E-state index in [0.717, 1.165) is 0 Å². The van der Waals surface area contributed by atoms with Gasteiger partial charge in [-0.25, -0.2) is 0 Å². The van der Waals surface area contributed by atoms with E-state index < -0.39 is 0 Å². The van der Waals surface area contributed by atoms with Gasteiger partial charge in [0.1, 0.15) is 5.03 Å². The Hall–Kier alpha value is -0.0900. The van der Waals surface area contributed by atoms with Gasteiger partial charge in [-0.1, -0.05) is 10.8 Å². The molecule has 0 aliphatic rings. The van der Waals surface area contributed by atoms with E-state index in [9.17, 15) is 0 Å². The van der Waals surface area contributed by atoms with Crippen LogP contribution in [0.4, 0.5) is 0 Å². The van der Waals surface area contributed by atoms with E-state index in [-0.39, 0.29) is 0 Å². The Bertz CT molecular complexity index is 185. The van der Waals surface area contributed by atoms with Crippen LogP contribution in [0.5, 0.6) is 0 Å². The predicted molar refractivity (Wildman–Crippen MR) is 42.6 cm³/mol. The van der Waals surface area contributed by atoms with Crippen molar-refractivity contribution in [2.24, 2.45) is 7.05 Å². The van der Waals surface area contributed by atoms with Crippen molar-refractivity contribution in [3.63, 3.8) is 0 Å². The minimum Gasteiger partial charge on any atom is -0.261 e. The molecule has 0 aliphatic heterocycles. The van der Waals surface area contributed by atoms with Crippen LogP contribution in [0, 0.1) is 0 Å². The second-order valence-electron chi connectivity index (χ2n) is 1.54. The van der Waals surface area contributed by atoms with Gasteiger partial charge in [-0.3, -0.25) is 4.68 Å². The van der Waals surface area contributed by atoms with Crippen LogP contribution < -0.4 is 0 Å². The molecule has 1 heterocycles. The lowest BCUT2D eigenvalue weighted by atomic mass is 10.7. The Morgan fingerprint density at radius 3 is 2.89 bits per heavy atom. The van der Waals surface area contributed by atoms with Gasteiger partial charge in [0.15, 0.2) is 0 Å². The Balaban J connectivity index is 2.69. The van der Waals surface area contributed by atoms with Crippen molar-refractivity contribution < 1.29 is 0 Å². The first-order chi connectivity index (χ1) is 4.34. The fourth-order valence-electron chi connectivity index (χ4n) is 0.529. The van der Waals surface area contributed by atoms with Gasteiger partial charge in [0.05, 0.1) is 6.20 Å². The third kappa shape index (κ3) is 1.66. The monoisotopic (exact) mass is 160 g/mol. The van der Waals surface area contributed by atoms with Crippen LogP contribution in [0.2, 0.25) is 0 Å². The number of nitrogens with zero attached hydrogens (tertiary/aromatic N) is 2. The average molecular weight is 160 g/mol. The molecule has 0 atom stereocenters. The SMILES string of the molecule is CSSc1ccnn1C. The molecule has 0 radical (unpaired) electrons. The second kappa shape index (κ2) is 3.17. The third-order valence-electron chi connectivity index (χ3n) is 0.945. The Kier molecular flexibility index (Phi) is 2.48. The highest BCUT2D eigenvalue weighted by atomic mass is 33.1. The molecule has 0 N–H and O–H groups in total. The summed E-state index contributed by atoms with van der Waals surface area (Å²) in [6.45, 7) is 0. The minimum atomic E-state index is 1.20. The molecular formula is C5H8N2S2. The lowest BCUT2D eigenvalue weighted by molar-refractivity contribution is 0.700. The van der Waals surface area contributed by atoms with Crippen molar-refractivity contribution in [1.82, 2.24) is 9.78 Å². The highest BCUT2D eigenvalue weighted by Gasteiger charge is 1.94. The highest BCUT2D eigenvalue weighted by Crippen LogP contribution is 2.26. The second-order valence-corrected chi connectivity index (χ2v) is 3.96. The number of aryl methyl sites for hydroxylation is 1. The first-order valence-corrected chi connectivity index (χ1v) is 5.09.